The summed E-state index contributed by atoms with van der Waals surface area (Å²) in [6, 6.07) is 8.69. The lowest BCUT2D eigenvalue weighted by Crippen LogP contribution is -2.49. The fourth-order valence-electron chi connectivity index (χ4n) is 3.45. The molecule has 0 bridgehead atoms. The fourth-order valence-corrected chi connectivity index (χ4v) is 4.15. The standard InChI is InChI=1S/C22H32N4OS/c1-18(2)17-26-13-9-19(10-14-26)25-22(23-11-7-20-5-3-15-27-20)24-12-8-21-6-4-16-28-21/h3-6,15-16,19H,1,7-14,17H2,2H3,(H2,23,24,25). The number of likely N-dealkylation sites (tertiary alicyclic amines) is 1. The Morgan fingerprint density at radius 1 is 1.29 bits per heavy atom. The van der Waals surface area contributed by atoms with Crippen LogP contribution in [0.3, 0.4) is 0 Å². The molecular formula is C22H32N4OS. The van der Waals surface area contributed by atoms with Gasteiger partial charge in [0.1, 0.15) is 5.76 Å². The van der Waals surface area contributed by atoms with Gasteiger partial charge in [0.15, 0.2) is 5.96 Å². The lowest BCUT2D eigenvalue weighted by Gasteiger charge is -2.33. The van der Waals surface area contributed by atoms with E-state index in [0.717, 1.165) is 70.1 Å². The van der Waals surface area contributed by atoms with E-state index in [0.29, 0.717) is 6.04 Å². The number of furan rings is 1. The Morgan fingerprint density at radius 3 is 2.82 bits per heavy atom. The van der Waals surface area contributed by atoms with E-state index in [1.807, 2.05) is 12.1 Å². The maximum absolute atomic E-state index is 5.43. The summed E-state index contributed by atoms with van der Waals surface area (Å²) in [5.41, 5.74) is 1.24. The topological polar surface area (TPSA) is 52.8 Å². The molecule has 2 aromatic heterocycles. The molecule has 28 heavy (non-hydrogen) atoms. The molecule has 1 aliphatic rings. The van der Waals surface area contributed by atoms with Crippen LogP contribution >= 0.6 is 11.3 Å². The Labute approximate surface area is 172 Å². The smallest absolute Gasteiger partial charge is 0.191 e. The fraction of sp³-hybridized carbons (Fsp3) is 0.500. The minimum atomic E-state index is 0.470. The van der Waals surface area contributed by atoms with E-state index < -0.39 is 0 Å². The van der Waals surface area contributed by atoms with Gasteiger partial charge >= 0.3 is 0 Å². The zero-order valence-electron chi connectivity index (χ0n) is 16.8. The molecule has 5 nitrogen and oxygen atoms in total. The Balaban J connectivity index is 1.48. The van der Waals surface area contributed by atoms with Gasteiger partial charge in [0, 0.05) is 56.5 Å². The maximum atomic E-state index is 5.43. The summed E-state index contributed by atoms with van der Waals surface area (Å²) in [7, 11) is 0. The van der Waals surface area contributed by atoms with Crippen molar-refractivity contribution in [2.45, 2.75) is 38.6 Å². The molecule has 3 rings (SSSR count). The summed E-state index contributed by atoms with van der Waals surface area (Å²) >= 11 is 1.80. The van der Waals surface area contributed by atoms with Crippen molar-refractivity contribution in [3.8, 4) is 0 Å². The number of hydrogen-bond acceptors (Lipinski definition) is 4. The van der Waals surface area contributed by atoms with Crippen LogP contribution in [0.25, 0.3) is 0 Å². The van der Waals surface area contributed by atoms with E-state index in [4.69, 9.17) is 9.41 Å². The van der Waals surface area contributed by atoms with Crippen LogP contribution in [0, 0.1) is 0 Å². The third kappa shape index (κ3) is 7.17. The molecule has 0 aromatic carbocycles. The molecule has 1 saturated heterocycles. The van der Waals surface area contributed by atoms with Gasteiger partial charge in [0.2, 0.25) is 0 Å². The minimum Gasteiger partial charge on any atom is -0.469 e. The number of piperidine rings is 1. The van der Waals surface area contributed by atoms with Gasteiger partial charge in [-0.15, -0.1) is 11.3 Å². The molecule has 0 unspecified atom stereocenters. The van der Waals surface area contributed by atoms with Gasteiger partial charge in [-0.05, 0) is 43.3 Å². The molecule has 2 N–H and O–H groups in total. The van der Waals surface area contributed by atoms with E-state index in [-0.39, 0.29) is 0 Å². The summed E-state index contributed by atoms with van der Waals surface area (Å²) in [6.07, 6.45) is 5.84. The number of thiophene rings is 1. The molecule has 1 aliphatic heterocycles. The average molecular weight is 401 g/mol. The second-order valence-electron chi connectivity index (χ2n) is 7.47. The molecule has 3 heterocycles. The summed E-state index contributed by atoms with van der Waals surface area (Å²) < 4.78 is 5.43. The molecule has 0 aliphatic carbocycles. The predicted octanol–water partition coefficient (Wildman–Crippen LogP) is 3.70. The summed E-state index contributed by atoms with van der Waals surface area (Å²) in [6.45, 7) is 11.0. The van der Waals surface area contributed by atoms with Crippen LogP contribution in [0.4, 0.5) is 0 Å². The Kier molecular flexibility index (Phi) is 8.18. The molecule has 2 aromatic rings. The van der Waals surface area contributed by atoms with Crippen molar-refractivity contribution in [2.75, 3.05) is 32.7 Å². The number of nitrogens with zero attached hydrogens (tertiary/aromatic N) is 2. The molecular weight excluding hydrogens is 368 g/mol. The molecule has 0 amide bonds. The Hall–Kier alpha value is -2.05. The minimum absolute atomic E-state index is 0.470. The first-order valence-corrected chi connectivity index (χ1v) is 11.0. The van der Waals surface area contributed by atoms with Gasteiger partial charge in [-0.2, -0.15) is 0 Å². The third-order valence-electron chi connectivity index (χ3n) is 4.87. The van der Waals surface area contributed by atoms with Crippen LogP contribution in [0.5, 0.6) is 0 Å². The van der Waals surface area contributed by atoms with Crippen LogP contribution < -0.4 is 10.6 Å². The first-order chi connectivity index (χ1) is 13.7. The van der Waals surface area contributed by atoms with Crippen molar-refractivity contribution in [1.82, 2.24) is 15.5 Å². The van der Waals surface area contributed by atoms with Crippen molar-refractivity contribution in [1.29, 1.82) is 0 Å². The zero-order valence-corrected chi connectivity index (χ0v) is 17.6. The predicted molar refractivity (Wildman–Crippen MR) is 118 cm³/mol. The van der Waals surface area contributed by atoms with Gasteiger partial charge in [-0.1, -0.05) is 18.2 Å². The van der Waals surface area contributed by atoms with Gasteiger partial charge in [0.25, 0.3) is 0 Å². The van der Waals surface area contributed by atoms with Gasteiger partial charge < -0.3 is 15.1 Å². The molecule has 0 spiro atoms. The van der Waals surface area contributed by atoms with E-state index >= 15 is 0 Å². The summed E-state index contributed by atoms with van der Waals surface area (Å²) in [5.74, 6) is 1.92. The molecule has 0 atom stereocenters. The van der Waals surface area contributed by atoms with Crippen LogP contribution in [-0.2, 0) is 12.8 Å². The van der Waals surface area contributed by atoms with Crippen molar-refractivity contribution in [2.24, 2.45) is 4.99 Å². The van der Waals surface area contributed by atoms with Gasteiger partial charge in [-0.25, -0.2) is 0 Å². The second kappa shape index (κ2) is 11.1. The Bertz CT molecular complexity index is 716. The Morgan fingerprint density at radius 2 is 2.14 bits per heavy atom. The molecule has 152 valence electrons. The van der Waals surface area contributed by atoms with Crippen molar-refractivity contribution in [3.63, 3.8) is 0 Å². The lowest BCUT2D eigenvalue weighted by atomic mass is 10.0. The molecule has 6 heteroatoms. The second-order valence-corrected chi connectivity index (χ2v) is 8.50. The summed E-state index contributed by atoms with van der Waals surface area (Å²) in [4.78, 5) is 8.69. The van der Waals surface area contributed by atoms with E-state index in [2.05, 4.69) is 46.5 Å². The highest BCUT2D eigenvalue weighted by atomic mass is 32.1. The zero-order chi connectivity index (χ0) is 19.6. The van der Waals surface area contributed by atoms with Crippen LogP contribution in [0.2, 0.25) is 0 Å². The number of hydrogen-bond donors (Lipinski definition) is 2. The monoisotopic (exact) mass is 400 g/mol. The summed E-state index contributed by atoms with van der Waals surface area (Å²) in [5, 5.41) is 9.26. The lowest BCUT2D eigenvalue weighted by molar-refractivity contribution is 0.221. The highest BCUT2D eigenvalue weighted by Crippen LogP contribution is 2.12. The number of rotatable bonds is 9. The van der Waals surface area contributed by atoms with Crippen LogP contribution in [-0.4, -0.2) is 49.6 Å². The molecule has 0 saturated carbocycles. The van der Waals surface area contributed by atoms with Crippen LogP contribution in [0.1, 0.15) is 30.4 Å². The van der Waals surface area contributed by atoms with Crippen molar-refractivity contribution < 1.29 is 4.42 Å². The SMILES string of the molecule is C=C(C)CN1CCC(NC(=NCCc2cccs2)NCCc2ccco2)CC1. The average Bonchev–Trinajstić information content (AvgIpc) is 3.37. The largest absolute Gasteiger partial charge is 0.469 e. The van der Waals surface area contributed by atoms with E-state index in [1.165, 1.54) is 10.5 Å². The van der Waals surface area contributed by atoms with Crippen LogP contribution in [0.15, 0.2) is 57.5 Å². The third-order valence-corrected chi connectivity index (χ3v) is 5.81. The number of nitrogens with one attached hydrogen (secondary N) is 2. The number of guanidine groups is 1. The molecule has 0 radical (unpaired) electrons. The maximum Gasteiger partial charge on any atom is 0.191 e. The quantitative estimate of drug-likeness (QED) is 0.383. The van der Waals surface area contributed by atoms with Crippen molar-refractivity contribution in [3.05, 3.63) is 58.7 Å². The van der Waals surface area contributed by atoms with E-state index in [9.17, 15) is 0 Å². The van der Waals surface area contributed by atoms with Gasteiger partial charge in [-0.3, -0.25) is 9.89 Å². The normalized spacial score (nSPS) is 16.2. The first kappa shape index (κ1) is 20.7. The highest BCUT2D eigenvalue weighted by molar-refractivity contribution is 7.09. The number of aliphatic imine (C=N–C) groups is 1. The highest BCUT2D eigenvalue weighted by Gasteiger charge is 2.19. The molecule has 1 fully saturated rings. The van der Waals surface area contributed by atoms with Gasteiger partial charge in [0.05, 0.1) is 6.26 Å². The van der Waals surface area contributed by atoms with Crippen molar-refractivity contribution >= 4 is 17.3 Å². The first-order valence-electron chi connectivity index (χ1n) is 10.2. The van der Waals surface area contributed by atoms with E-state index in [1.54, 1.807) is 17.6 Å².